The van der Waals surface area contributed by atoms with Crippen LogP contribution in [0.5, 0.6) is 0 Å². The number of primary amides is 1. The molecule has 0 radical (unpaired) electrons. The molecule has 0 fully saturated rings. The average Bonchev–Trinajstić information content (AvgIpc) is 2.12. The summed E-state index contributed by atoms with van der Waals surface area (Å²) in [7, 11) is 0. The lowest BCUT2D eigenvalue weighted by Gasteiger charge is -2.22. The molecule has 2 amide bonds. The van der Waals surface area contributed by atoms with Crippen LogP contribution >= 0.6 is 0 Å². The standard InChI is InChI=1S/C10H23N3O3/c1-10(2,3)16-7-8(14)6-12-4-5-13-9(11)15/h8,12,14H,4-7H2,1-3H3,(H3,11,13,15). The molecule has 0 heterocycles. The van der Waals surface area contributed by atoms with E-state index in [0.717, 1.165) is 0 Å². The highest BCUT2D eigenvalue weighted by Crippen LogP contribution is 2.06. The second-order valence-electron chi connectivity index (χ2n) is 4.57. The van der Waals surface area contributed by atoms with E-state index in [0.29, 0.717) is 26.2 Å². The number of hydrogen-bond acceptors (Lipinski definition) is 4. The minimum atomic E-state index is -0.548. The van der Waals surface area contributed by atoms with Gasteiger partial charge in [0.25, 0.3) is 0 Å². The highest BCUT2D eigenvalue weighted by Gasteiger charge is 2.13. The first-order valence-electron chi connectivity index (χ1n) is 5.37. The minimum Gasteiger partial charge on any atom is -0.389 e. The molecule has 0 spiro atoms. The Hall–Kier alpha value is -0.850. The van der Waals surface area contributed by atoms with Crippen LogP contribution in [0.2, 0.25) is 0 Å². The molecule has 0 saturated heterocycles. The summed E-state index contributed by atoms with van der Waals surface area (Å²) in [5.41, 5.74) is 4.64. The van der Waals surface area contributed by atoms with Gasteiger partial charge in [-0.15, -0.1) is 0 Å². The van der Waals surface area contributed by atoms with Gasteiger partial charge >= 0.3 is 6.03 Å². The Balaban J connectivity index is 3.37. The predicted molar refractivity (Wildman–Crippen MR) is 62.2 cm³/mol. The summed E-state index contributed by atoms with van der Waals surface area (Å²) in [6, 6.07) is -0.543. The SMILES string of the molecule is CC(C)(C)OCC(O)CNCCNC(N)=O. The molecular weight excluding hydrogens is 210 g/mol. The number of nitrogens with one attached hydrogen (secondary N) is 2. The van der Waals surface area contributed by atoms with Crippen molar-refractivity contribution in [1.82, 2.24) is 10.6 Å². The van der Waals surface area contributed by atoms with Gasteiger partial charge in [-0.05, 0) is 20.8 Å². The number of aliphatic hydroxyl groups is 1. The third kappa shape index (κ3) is 11.2. The number of aliphatic hydroxyl groups excluding tert-OH is 1. The topological polar surface area (TPSA) is 96.6 Å². The van der Waals surface area contributed by atoms with Crippen LogP contribution in [-0.4, -0.2) is 49.1 Å². The van der Waals surface area contributed by atoms with Gasteiger partial charge in [0.1, 0.15) is 0 Å². The van der Waals surface area contributed by atoms with E-state index in [2.05, 4.69) is 10.6 Å². The molecule has 6 nitrogen and oxygen atoms in total. The first kappa shape index (κ1) is 15.2. The van der Waals surface area contributed by atoms with Crippen molar-refractivity contribution in [3.8, 4) is 0 Å². The van der Waals surface area contributed by atoms with Crippen LogP contribution in [0.1, 0.15) is 20.8 Å². The van der Waals surface area contributed by atoms with E-state index in [1.54, 1.807) is 0 Å². The Morgan fingerprint density at radius 2 is 2.06 bits per heavy atom. The van der Waals surface area contributed by atoms with Gasteiger partial charge in [0.2, 0.25) is 0 Å². The molecule has 0 aromatic heterocycles. The number of nitrogens with two attached hydrogens (primary N) is 1. The monoisotopic (exact) mass is 233 g/mol. The second kappa shape index (κ2) is 7.43. The maximum absolute atomic E-state index is 10.3. The lowest BCUT2D eigenvalue weighted by atomic mass is 10.2. The molecule has 0 aliphatic carbocycles. The molecular formula is C10H23N3O3. The molecule has 1 atom stereocenters. The average molecular weight is 233 g/mol. The number of hydrogen-bond donors (Lipinski definition) is 4. The Labute approximate surface area is 96.5 Å². The fraction of sp³-hybridized carbons (Fsp3) is 0.900. The Morgan fingerprint density at radius 3 is 2.56 bits per heavy atom. The summed E-state index contributed by atoms with van der Waals surface area (Å²) in [5.74, 6) is 0. The van der Waals surface area contributed by atoms with E-state index in [1.165, 1.54) is 0 Å². The van der Waals surface area contributed by atoms with Crippen molar-refractivity contribution in [1.29, 1.82) is 0 Å². The van der Waals surface area contributed by atoms with Crippen molar-refractivity contribution < 1.29 is 14.6 Å². The summed E-state index contributed by atoms with van der Waals surface area (Å²) >= 11 is 0. The van der Waals surface area contributed by atoms with Gasteiger partial charge in [0.15, 0.2) is 0 Å². The molecule has 0 rings (SSSR count). The van der Waals surface area contributed by atoms with Crippen molar-refractivity contribution in [2.75, 3.05) is 26.2 Å². The largest absolute Gasteiger partial charge is 0.389 e. The van der Waals surface area contributed by atoms with Gasteiger partial charge in [-0.1, -0.05) is 0 Å². The maximum atomic E-state index is 10.3. The van der Waals surface area contributed by atoms with E-state index in [1.807, 2.05) is 20.8 Å². The highest BCUT2D eigenvalue weighted by molar-refractivity contribution is 5.71. The molecule has 16 heavy (non-hydrogen) atoms. The van der Waals surface area contributed by atoms with Crippen molar-refractivity contribution in [3.63, 3.8) is 0 Å². The lowest BCUT2D eigenvalue weighted by molar-refractivity contribution is -0.0477. The zero-order valence-electron chi connectivity index (χ0n) is 10.2. The van der Waals surface area contributed by atoms with Crippen molar-refractivity contribution in [2.24, 2.45) is 5.73 Å². The van der Waals surface area contributed by atoms with Crippen LogP contribution in [-0.2, 0) is 4.74 Å². The number of ether oxygens (including phenoxy) is 1. The van der Waals surface area contributed by atoms with Crippen molar-refractivity contribution in [2.45, 2.75) is 32.5 Å². The van der Waals surface area contributed by atoms with Gasteiger partial charge in [-0.25, -0.2) is 4.79 Å². The fourth-order valence-corrected chi connectivity index (χ4v) is 0.948. The number of carbonyl (C=O) groups excluding carboxylic acids is 1. The van der Waals surface area contributed by atoms with Crippen LogP contribution in [0.3, 0.4) is 0 Å². The Kier molecular flexibility index (Phi) is 7.03. The molecule has 5 N–H and O–H groups in total. The minimum absolute atomic E-state index is 0.242. The molecule has 0 aliphatic rings. The summed E-state index contributed by atoms with van der Waals surface area (Å²) < 4.78 is 5.41. The molecule has 0 bridgehead atoms. The van der Waals surface area contributed by atoms with Gasteiger partial charge < -0.3 is 26.2 Å². The molecule has 96 valence electrons. The zero-order valence-corrected chi connectivity index (χ0v) is 10.2. The molecule has 1 unspecified atom stereocenters. The summed E-state index contributed by atoms with van der Waals surface area (Å²) in [4.78, 5) is 10.3. The third-order valence-electron chi connectivity index (χ3n) is 1.69. The zero-order chi connectivity index (χ0) is 12.6. The predicted octanol–water partition coefficient (Wildman–Crippen LogP) is -0.580. The van der Waals surface area contributed by atoms with E-state index in [-0.39, 0.29) is 5.60 Å². The van der Waals surface area contributed by atoms with Crippen LogP contribution in [0.15, 0.2) is 0 Å². The highest BCUT2D eigenvalue weighted by atomic mass is 16.5. The van der Waals surface area contributed by atoms with Crippen LogP contribution in [0.4, 0.5) is 4.79 Å². The van der Waals surface area contributed by atoms with Crippen LogP contribution in [0, 0.1) is 0 Å². The first-order chi connectivity index (χ1) is 7.31. The van der Waals surface area contributed by atoms with Crippen LogP contribution < -0.4 is 16.4 Å². The van der Waals surface area contributed by atoms with Gasteiger partial charge in [0.05, 0.1) is 18.3 Å². The molecule has 6 heteroatoms. The maximum Gasteiger partial charge on any atom is 0.312 e. The van der Waals surface area contributed by atoms with Crippen LogP contribution in [0.25, 0.3) is 0 Å². The third-order valence-corrected chi connectivity index (χ3v) is 1.69. The van der Waals surface area contributed by atoms with Gasteiger partial charge in [0, 0.05) is 19.6 Å². The second-order valence-corrected chi connectivity index (χ2v) is 4.57. The van der Waals surface area contributed by atoms with Gasteiger partial charge in [-0.2, -0.15) is 0 Å². The summed E-state index contributed by atoms with van der Waals surface area (Å²) in [6.45, 7) is 7.53. The number of rotatable bonds is 7. The summed E-state index contributed by atoms with van der Waals surface area (Å²) in [5, 5.41) is 14.9. The van der Waals surface area contributed by atoms with E-state index in [4.69, 9.17) is 10.5 Å². The Bertz CT molecular complexity index is 204. The van der Waals surface area contributed by atoms with E-state index >= 15 is 0 Å². The molecule has 0 aromatic rings. The van der Waals surface area contributed by atoms with Crippen molar-refractivity contribution >= 4 is 6.03 Å². The quantitative estimate of drug-likeness (QED) is 0.442. The normalized spacial score (nSPS) is 13.5. The van der Waals surface area contributed by atoms with E-state index < -0.39 is 12.1 Å². The Morgan fingerprint density at radius 1 is 1.44 bits per heavy atom. The smallest absolute Gasteiger partial charge is 0.312 e. The van der Waals surface area contributed by atoms with Crippen molar-refractivity contribution in [3.05, 3.63) is 0 Å². The van der Waals surface area contributed by atoms with Gasteiger partial charge in [-0.3, -0.25) is 0 Å². The number of amides is 2. The lowest BCUT2D eigenvalue weighted by Crippen LogP contribution is -2.39. The molecule has 0 saturated carbocycles. The first-order valence-corrected chi connectivity index (χ1v) is 5.37. The fourth-order valence-electron chi connectivity index (χ4n) is 0.948. The molecule has 0 aliphatic heterocycles. The summed E-state index contributed by atoms with van der Waals surface area (Å²) in [6.07, 6.45) is -0.548. The number of urea groups is 1. The molecule has 0 aromatic carbocycles. The number of carbonyl (C=O) groups is 1. The van der Waals surface area contributed by atoms with E-state index in [9.17, 15) is 9.90 Å².